The molecule has 1 amide bonds. The Labute approximate surface area is 117 Å². The zero-order valence-electron chi connectivity index (χ0n) is 9.56. The second-order valence-electron chi connectivity index (χ2n) is 3.31. The van der Waals surface area contributed by atoms with Crippen LogP contribution in [0.25, 0.3) is 0 Å². The first-order valence-electron chi connectivity index (χ1n) is 5.31. The first-order valence-corrected chi connectivity index (χ1v) is 7.25. The van der Waals surface area contributed by atoms with E-state index >= 15 is 0 Å². The molecular weight excluding hydrogens is 324 g/mol. The van der Waals surface area contributed by atoms with Crippen LogP contribution >= 0.6 is 27.3 Å². The zero-order chi connectivity index (χ0) is 13.4. The third-order valence-electron chi connectivity index (χ3n) is 1.97. The Balaban J connectivity index is 2.25. The predicted molar refractivity (Wildman–Crippen MR) is 72.5 cm³/mol. The topological polar surface area (TPSA) is 81.5 Å². The van der Waals surface area contributed by atoms with Crippen LogP contribution in [-0.4, -0.2) is 35.9 Å². The Morgan fingerprint density at radius 3 is 2.89 bits per heavy atom. The summed E-state index contributed by atoms with van der Waals surface area (Å²) < 4.78 is 5.22. The van der Waals surface area contributed by atoms with E-state index < -0.39 is 4.92 Å². The maximum atomic E-state index is 11.6. The van der Waals surface area contributed by atoms with Gasteiger partial charge in [0.25, 0.3) is 5.91 Å². The normalized spacial score (nSPS) is 10.3. The molecule has 0 saturated heterocycles. The summed E-state index contributed by atoms with van der Waals surface area (Å²) in [7, 11) is 0. The van der Waals surface area contributed by atoms with Crippen LogP contribution in [-0.2, 0) is 4.74 Å². The van der Waals surface area contributed by atoms with E-state index in [4.69, 9.17) is 4.74 Å². The van der Waals surface area contributed by atoms with Crippen LogP contribution in [0, 0.1) is 10.1 Å². The Morgan fingerprint density at radius 2 is 2.28 bits per heavy atom. The van der Waals surface area contributed by atoms with Gasteiger partial charge in [0.05, 0.1) is 16.4 Å². The number of hydrogen-bond acceptors (Lipinski definition) is 5. The molecule has 1 aromatic heterocycles. The van der Waals surface area contributed by atoms with Crippen LogP contribution < -0.4 is 5.32 Å². The van der Waals surface area contributed by atoms with Crippen LogP contribution in [0.2, 0.25) is 0 Å². The molecule has 8 heteroatoms. The highest BCUT2D eigenvalue weighted by Crippen LogP contribution is 2.23. The van der Waals surface area contributed by atoms with Crippen molar-refractivity contribution in [2.24, 2.45) is 0 Å². The van der Waals surface area contributed by atoms with E-state index in [9.17, 15) is 14.9 Å². The lowest BCUT2D eigenvalue weighted by Crippen LogP contribution is -2.24. The van der Waals surface area contributed by atoms with Crippen LogP contribution in [0.4, 0.5) is 5.00 Å². The fourth-order valence-electron chi connectivity index (χ4n) is 1.17. The van der Waals surface area contributed by atoms with Gasteiger partial charge in [-0.25, -0.2) is 0 Å². The molecular formula is C10H13BrN2O4S. The summed E-state index contributed by atoms with van der Waals surface area (Å²) in [6, 6.07) is 2.79. The molecule has 0 fully saturated rings. The van der Waals surface area contributed by atoms with Gasteiger partial charge in [-0.2, -0.15) is 0 Å². The number of thiophene rings is 1. The van der Waals surface area contributed by atoms with Crippen LogP contribution in [0.15, 0.2) is 12.1 Å². The van der Waals surface area contributed by atoms with Crippen molar-refractivity contribution in [3.63, 3.8) is 0 Å². The van der Waals surface area contributed by atoms with Gasteiger partial charge in [-0.1, -0.05) is 27.3 Å². The number of rotatable bonds is 8. The van der Waals surface area contributed by atoms with Gasteiger partial charge in [-0.3, -0.25) is 14.9 Å². The molecule has 6 nitrogen and oxygen atoms in total. The summed E-state index contributed by atoms with van der Waals surface area (Å²) in [4.78, 5) is 21.9. The van der Waals surface area contributed by atoms with Crippen LogP contribution in [0.3, 0.4) is 0 Å². The van der Waals surface area contributed by atoms with Gasteiger partial charge < -0.3 is 10.1 Å². The predicted octanol–water partition coefficient (Wildman–Crippen LogP) is 2.19. The first-order chi connectivity index (χ1) is 8.65. The summed E-state index contributed by atoms with van der Waals surface area (Å²) >= 11 is 4.11. The van der Waals surface area contributed by atoms with Crippen molar-refractivity contribution in [3.8, 4) is 0 Å². The average Bonchev–Trinajstić information content (AvgIpc) is 2.83. The Kier molecular flexibility index (Phi) is 6.84. The monoisotopic (exact) mass is 336 g/mol. The number of nitrogens with zero attached hydrogens (tertiary/aromatic N) is 1. The maximum absolute atomic E-state index is 11.6. The van der Waals surface area contributed by atoms with Gasteiger partial charge in [0, 0.05) is 24.5 Å². The molecule has 0 bridgehead atoms. The molecule has 0 aliphatic carbocycles. The summed E-state index contributed by atoms with van der Waals surface area (Å²) in [6.45, 7) is 1.72. The molecule has 100 valence electrons. The highest BCUT2D eigenvalue weighted by atomic mass is 79.9. The molecule has 0 aliphatic heterocycles. The molecule has 0 aliphatic rings. The third-order valence-corrected chi connectivity index (χ3v) is 3.33. The molecule has 0 unspecified atom stereocenters. The third kappa shape index (κ3) is 5.11. The zero-order valence-corrected chi connectivity index (χ0v) is 12.0. The number of halogens is 1. The van der Waals surface area contributed by atoms with Crippen molar-refractivity contribution in [1.82, 2.24) is 5.32 Å². The standard InChI is InChI=1S/C10H13BrN2O4S/c11-4-7-17-6-1-5-12-10(14)8-2-3-9(18-8)13(15)16/h2-3H,1,4-7H2,(H,12,14). The lowest BCUT2D eigenvalue weighted by Gasteiger charge is -2.03. The molecule has 18 heavy (non-hydrogen) atoms. The number of carbonyl (C=O) groups excluding carboxylic acids is 1. The van der Waals surface area contributed by atoms with Crippen LogP contribution in [0.5, 0.6) is 0 Å². The highest BCUT2D eigenvalue weighted by Gasteiger charge is 2.14. The van der Waals surface area contributed by atoms with E-state index in [2.05, 4.69) is 21.2 Å². The number of hydrogen-bond donors (Lipinski definition) is 1. The second kappa shape index (κ2) is 8.17. The first kappa shape index (κ1) is 15.1. The lowest BCUT2D eigenvalue weighted by molar-refractivity contribution is -0.380. The number of nitro groups is 1. The van der Waals surface area contributed by atoms with Gasteiger partial charge in [0.15, 0.2) is 0 Å². The van der Waals surface area contributed by atoms with E-state index in [1.165, 1.54) is 12.1 Å². The number of carbonyl (C=O) groups is 1. The van der Waals surface area contributed by atoms with Gasteiger partial charge in [0.2, 0.25) is 0 Å². The van der Waals surface area contributed by atoms with Gasteiger partial charge in [0.1, 0.15) is 0 Å². The number of nitrogens with one attached hydrogen (secondary N) is 1. The number of alkyl halides is 1. The van der Waals surface area contributed by atoms with E-state index in [-0.39, 0.29) is 10.9 Å². The number of amides is 1. The summed E-state index contributed by atoms with van der Waals surface area (Å²) in [5, 5.41) is 13.9. The summed E-state index contributed by atoms with van der Waals surface area (Å²) in [6.07, 6.45) is 0.714. The molecule has 1 heterocycles. The molecule has 0 spiro atoms. The minimum Gasteiger partial charge on any atom is -0.381 e. The minimum absolute atomic E-state index is 0.0270. The Hall–Kier alpha value is -0.990. The van der Waals surface area contributed by atoms with Crippen molar-refractivity contribution >= 4 is 38.2 Å². The van der Waals surface area contributed by atoms with Crippen LogP contribution in [0.1, 0.15) is 16.1 Å². The average molecular weight is 337 g/mol. The molecule has 1 aromatic rings. The van der Waals surface area contributed by atoms with Crippen molar-refractivity contribution < 1.29 is 14.5 Å². The molecule has 1 N–H and O–H groups in total. The van der Waals surface area contributed by atoms with Gasteiger partial charge in [-0.15, -0.1) is 0 Å². The lowest BCUT2D eigenvalue weighted by atomic mass is 10.4. The van der Waals surface area contributed by atoms with E-state index in [1.54, 1.807) is 0 Å². The van der Waals surface area contributed by atoms with E-state index in [1.807, 2.05) is 0 Å². The minimum atomic E-state index is -0.504. The number of ether oxygens (including phenoxy) is 1. The molecule has 0 saturated carbocycles. The second-order valence-corrected chi connectivity index (χ2v) is 5.16. The fourth-order valence-corrected chi connectivity index (χ4v) is 2.13. The van der Waals surface area contributed by atoms with E-state index in [0.717, 1.165) is 16.7 Å². The molecule has 0 atom stereocenters. The maximum Gasteiger partial charge on any atom is 0.324 e. The van der Waals surface area contributed by atoms with Crippen molar-refractivity contribution in [2.75, 3.05) is 25.1 Å². The molecule has 0 aromatic carbocycles. The van der Waals surface area contributed by atoms with Gasteiger partial charge in [-0.05, 0) is 12.5 Å². The van der Waals surface area contributed by atoms with Gasteiger partial charge >= 0.3 is 5.00 Å². The smallest absolute Gasteiger partial charge is 0.324 e. The summed E-state index contributed by atoms with van der Waals surface area (Å²) in [5.41, 5.74) is 0. The fraction of sp³-hybridized carbons (Fsp3) is 0.500. The van der Waals surface area contributed by atoms with Crippen molar-refractivity contribution in [1.29, 1.82) is 0 Å². The summed E-state index contributed by atoms with van der Waals surface area (Å²) in [5.74, 6) is -0.284. The molecule has 0 radical (unpaired) electrons. The SMILES string of the molecule is O=C(NCCCOCCBr)c1ccc([N+](=O)[O-])s1. The Bertz CT molecular complexity index is 410. The quantitative estimate of drug-likeness (QED) is 0.341. The van der Waals surface area contributed by atoms with Crippen molar-refractivity contribution in [3.05, 3.63) is 27.1 Å². The highest BCUT2D eigenvalue weighted by molar-refractivity contribution is 9.09. The largest absolute Gasteiger partial charge is 0.381 e. The van der Waals surface area contributed by atoms with Crippen molar-refractivity contribution in [2.45, 2.75) is 6.42 Å². The molecule has 1 rings (SSSR count). The van der Waals surface area contributed by atoms with E-state index in [0.29, 0.717) is 31.1 Å². The Morgan fingerprint density at radius 1 is 1.50 bits per heavy atom.